The molecule has 0 amide bonds. The molecule has 0 radical (unpaired) electrons. The topological polar surface area (TPSA) is 91.5 Å². The summed E-state index contributed by atoms with van der Waals surface area (Å²) in [5, 5.41) is 23.2. The van der Waals surface area contributed by atoms with Crippen LogP contribution >= 0.6 is 0 Å². The van der Waals surface area contributed by atoms with Gasteiger partial charge in [0.15, 0.2) is 0 Å². The van der Waals surface area contributed by atoms with Crippen LogP contribution in [0.4, 0.5) is 11.4 Å². The van der Waals surface area contributed by atoms with Crippen LogP contribution in [0.1, 0.15) is 11.1 Å². The molecule has 2 aromatic rings. The molecule has 7 heteroatoms. The van der Waals surface area contributed by atoms with Crippen LogP contribution in [0.25, 0.3) is 0 Å². The SMILES string of the molecule is CNc1ccc(CN(CCO)Cc2cccnc2)cc1[N+](=O)[O-]. The molecular weight excluding hydrogens is 296 g/mol. The van der Waals surface area contributed by atoms with E-state index < -0.39 is 4.92 Å². The first-order valence-corrected chi connectivity index (χ1v) is 7.31. The molecule has 1 aromatic heterocycles. The molecular formula is C16H20N4O3. The predicted octanol–water partition coefficient (Wildman–Crippen LogP) is 2.03. The number of aliphatic hydroxyl groups is 1. The van der Waals surface area contributed by atoms with E-state index in [4.69, 9.17) is 0 Å². The van der Waals surface area contributed by atoms with Gasteiger partial charge in [0.25, 0.3) is 5.69 Å². The Hall–Kier alpha value is -2.51. The van der Waals surface area contributed by atoms with Crippen LogP contribution in [-0.2, 0) is 13.1 Å². The molecule has 2 N–H and O–H groups in total. The first-order chi connectivity index (χ1) is 11.1. The second kappa shape index (κ2) is 8.21. The normalized spacial score (nSPS) is 10.7. The van der Waals surface area contributed by atoms with E-state index in [0.717, 1.165) is 11.1 Å². The summed E-state index contributed by atoms with van der Waals surface area (Å²) in [6.45, 7) is 1.64. The molecule has 0 aliphatic rings. The largest absolute Gasteiger partial charge is 0.395 e. The Morgan fingerprint density at radius 2 is 2.09 bits per heavy atom. The van der Waals surface area contributed by atoms with Gasteiger partial charge in [-0.2, -0.15) is 0 Å². The van der Waals surface area contributed by atoms with Gasteiger partial charge < -0.3 is 10.4 Å². The fraction of sp³-hybridized carbons (Fsp3) is 0.312. The molecule has 1 aromatic carbocycles. The summed E-state index contributed by atoms with van der Waals surface area (Å²) in [4.78, 5) is 16.8. The molecule has 0 unspecified atom stereocenters. The Balaban J connectivity index is 2.16. The Morgan fingerprint density at radius 1 is 1.30 bits per heavy atom. The fourth-order valence-corrected chi connectivity index (χ4v) is 2.40. The predicted molar refractivity (Wildman–Crippen MR) is 88.1 cm³/mol. The average Bonchev–Trinajstić information content (AvgIpc) is 2.56. The van der Waals surface area contributed by atoms with Gasteiger partial charge in [-0.25, -0.2) is 0 Å². The van der Waals surface area contributed by atoms with E-state index in [0.29, 0.717) is 25.3 Å². The Bertz CT molecular complexity index is 649. The number of hydrogen-bond donors (Lipinski definition) is 2. The zero-order chi connectivity index (χ0) is 16.7. The number of nitrogens with zero attached hydrogens (tertiary/aromatic N) is 3. The van der Waals surface area contributed by atoms with Crippen molar-refractivity contribution in [3.63, 3.8) is 0 Å². The van der Waals surface area contributed by atoms with Crippen LogP contribution in [0.5, 0.6) is 0 Å². The van der Waals surface area contributed by atoms with Crippen molar-refractivity contribution < 1.29 is 10.0 Å². The quantitative estimate of drug-likeness (QED) is 0.572. The lowest BCUT2D eigenvalue weighted by molar-refractivity contribution is -0.384. The molecule has 7 nitrogen and oxygen atoms in total. The van der Waals surface area contributed by atoms with Crippen molar-refractivity contribution in [2.75, 3.05) is 25.5 Å². The molecule has 23 heavy (non-hydrogen) atoms. The zero-order valence-electron chi connectivity index (χ0n) is 13.0. The van der Waals surface area contributed by atoms with Gasteiger partial charge in [0.05, 0.1) is 11.5 Å². The molecule has 0 atom stereocenters. The van der Waals surface area contributed by atoms with Crippen LogP contribution < -0.4 is 5.32 Å². The second-order valence-corrected chi connectivity index (χ2v) is 5.15. The third kappa shape index (κ3) is 4.73. The van der Waals surface area contributed by atoms with Crippen LogP contribution in [0.3, 0.4) is 0 Å². The van der Waals surface area contributed by atoms with Gasteiger partial charge in [-0.05, 0) is 23.3 Å². The van der Waals surface area contributed by atoms with Gasteiger partial charge in [0.1, 0.15) is 5.69 Å². The number of benzene rings is 1. The highest BCUT2D eigenvalue weighted by atomic mass is 16.6. The van der Waals surface area contributed by atoms with Crippen LogP contribution in [0, 0.1) is 10.1 Å². The number of nitrogens with one attached hydrogen (secondary N) is 1. The molecule has 0 bridgehead atoms. The Labute approximate surface area is 134 Å². The van der Waals surface area contributed by atoms with Crippen LogP contribution in [0.2, 0.25) is 0 Å². The van der Waals surface area contributed by atoms with E-state index in [2.05, 4.69) is 10.3 Å². The highest BCUT2D eigenvalue weighted by Crippen LogP contribution is 2.25. The maximum atomic E-state index is 11.1. The maximum absolute atomic E-state index is 11.1. The van der Waals surface area contributed by atoms with Crippen molar-refractivity contribution in [3.8, 4) is 0 Å². The van der Waals surface area contributed by atoms with Crippen molar-refractivity contribution in [2.45, 2.75) is 13.1 Å². The highest BCUT2D eigenvalue weighted by molar-refractivity contribution is 5.62. The average molecular weight is 316 g/mol. The molecule has 122 valence electrons. The van der Waals surface area contributed by atoms with Gasteiger partial charge >= 0.3 is 0 Å². The van der Waals surface area contributed by atoms with Gasteiger partial charge in [-0.1, -0.05) is 12.1 Å². The van der Waals surface area contributed by atoms with Gasteiger partial charge in [-0.15, -0.1) is 0 Å². The number of nitro groups is 1. The van der Waals surface area contributed by atoms with E-state index in [1.165, 1.54) is 0 Å². The van der Waals surface area contributed by atoms with Crippen molar-refractivity contribution in [2.24, 2.45) is 0 Å². The molecule has 0 aliphatic carbocycles. The van der Waals surface area contributed by atoms with E-state index >= 15 is 0 Å². The molecule has 2 rings (SSSR count). The van der Waals surface area contributed by atoms with Crippen LogP contribution in [-0.4, -0.2) is 40.1 Å². The van der Waals surface area contributed by atoms with E-state index in [-0.39, 0.29) is 12.3 Å². The lowest BCUT2D eigenvalue weighted by Gasteiger charge is -2.21. The molecule has 0 spiro atoms. The number of nitro benzene ring substituents is 1. The number of hydrogen-bond acceptors (Lipinski definition) is 6. The molecule has 1 heterocycles. The van der Waals surface area contributed by atoms with E-state index in [1.807, 2.05) is 23.1 Å². The minimum absolute atomic E-state index is 0.0248. The zero-order valence-corrected chi connectivity index (χ0v) is 13.0. The smallest absolute Gasteiger partial charge is 0.292 e. The summed E-state index contributed by atoms with van der Waals surface area (Å²) in [6, 6.07) is 8.95. The summed E-state index contributed by atoms with van der Waals surface area (Å²) in [6.07, 6.45) is 3.48. The summed E-state index contributed by atoms with van der Waals surface area (Å²) in [7, 11) is 1.66. The van der Waals surface area contributed by atoms with Crippen molar-refractivity contribution in [3.05, 3.63) is 64.0 Å². The lowest BCUT2D eigenvalue weighted by atomic mass is 10.1. The summed E-state index contributed by atoms with van der Waals surface area (Å²) in [5.41, 5.74) is 2.39. The number of aromatic nitrogens is 1. The maximum Gasteiger partial charge on any atom is 0.292 e. The number of rotatable bonds is 8. The summed E-state index contributed by atoms with van der Waals surface area (Å²) < 4.78 is 0. The highest BCUT2D eigenvalue weighted by Gasteiger charge is 2.15. The Morgan fingerprint density at radius 3 is 2.70 bits per heavy atom. The monoisotopic (exact) mass is 316 g/mol. The molecule has 0 saturated carbocycles. The second-order valence-electron chi connectivity index (χ2n) is 5.15. The van der Waals surface area contributed by atoms with Gasteiger partial charge in [-0.3, -0.25) is 20.0 Å². The minimum Gasteiger partial charge on any atom is -0.395 e. The molecule has 0 saturated heterocycles. The third-order valence-corrected chi connectivity index (χ3v) is 3.48. The van der Waals surface area contributed by atoms with Gasteiger partial charge in [0.2, 0.25) is 0 Å². The number of anilines is 1. The van der Waals surface area contributed by atoms with E-state index in [9.17, 15) is 15.2 Å². The number of pyridine rings is 1. The summed E-state index contributed by atoms with van der Waals surface area (Å²) in [5.74, 6) is 0. The lowest BCUT2D eigenvalue weighted by Crippen LogP contribution is -2.26. The minimum atomic E-state index is -0.396. The first-order valence-electron chi connectivity index (χ1n) is 7.31. The van der Waals surface area contributed by atoms with Crippen molar-refractivity contribution >= 4 is 11.4 Å². The van der Waals surface area contributed by atoms with Crippen LogP contribution in [0.15, 0.2) is 42.7 Å². The molecule has 0 aliphatic heterocycles. The number of aliphatic hydroxyl groups excluding tert-OH is 1. The Kier molecular flexibility index (Phi) is 6.02. The molecule has 0 fully saturated rings. The fourth-order valence-electron chi connectivity index (χ4n) is 2.40. The summed E-state index contributed by atoms with van der Waals surface area (Å²) >= 11 is 0. The third-order valence-electron chi connectivity index (χ3n) is 3.48. The van der Waals surface area contributed by atoms with Crippen molar-refractivity contribution in [1.82, 2.24) is 9.88 Å². The first kappa shape index (κ1) is 16.9. The van der Waals surface area contributed by atoms with Gasteiger partial charge in [0, 0.05) is 45.1 Å². The standard InChI is InChI=1S/C16H20N4O3/c1-17-15-5-4-13(9-16(15)20(22)23)11-19(7-8-21)12-14-3-2-6-18-10-14/h2-6,9-10,17,21H,7-8,11-12H2,1H3. The van der Waals surface area contributed by atoms with E-state index in [1.54, 1.807) is 31.6 Å². The van der Waals surface area contributed by atoms with Crippen molar-refractivity contribution in [1.29, 1.82) is 0 Å².